The van der Waals surface area contributed by atoms with E-state index in [9.17, 15) is 0 Å². The maximum Gasteiger partial charge on any atom is 0.157 e. The number of anilines is 1. The lowest BCUT2D eigenvalue weighted by Crippen LogP contribution is -2.44. The summed E-state index contributed by atoms with van der Waals surface area (Å²) in [7, 11) is 3.89. The summed E-state index contributed by atoms with van der Waals surface area (Å²) in [6, 6.07) is 6.29. The Morgan fingerprint density at radius 3 is 2.76 bits per heavy atom. The first kappa shape index (κ1) is 16.6. The monoisotopic (exact) mass is 449 g/mol. The Morgan fingerprint density at radius 2 is 2.00 bits per heavy atom. The molecule has 0 bridgehead atoms. The molecular formula is C18H20IN5O. The van der Waals surface area contributed by atoms with Crippen molar-refractivity contribution in [2.24, 2.45) is 0 Å². The van der Waals surface area contributed by atoms with E-state index in [1.807, 2.05) is 6.20 Å². The molecule has 3 heterocycles. The molecule has 0 radical (unpaired) electrons. The molecule has 4 rings (SSSR count). The summed E-state index contributed by atoms with van der Waals surface area (Å²) in [4.78, 5) is 17.1. The second-order valence-corrected chi connectivity index (χ2v) is 7.43. The van der Waals surface area contributed by atoms with Crippen LogP contribution in [0.1, 0.15) is 0 Å². The van der Waals surface area contributed by atoms with Crippen molar-refractivity contribution in [3.05, 3.63) is 34.2 Å². The number of H-pyrrole nitrogens is 1. The van der Waals surface area contributed by atoms with Crippen LogP contribution in [0.4, 0.5) is 5.69 Å². The van der Waals surface area contributed by atoms with Crippen LogP contribution in [0.25, 0.3) is 22.4 Å². The van der Waals surface area contributed by atoms with Gasteiger partial charge in [0.15, 0.2) is 5.65 Å². The molecule has 0 atom stereocenters. The number of hydrogen-bond donors (Lipinski definition) is 1. The first-order valence-corrected chi connectivity index (χ1v) is 9.35. The SMILES string of the molecule is COc1cc(-c2cnc3[nH]cc(I)c3n2)ccc1N1CCN(C)CC1. The molecule has 1 aliphatic rings. The van der Waals surface area contributed by atoms with Crippen molar-refractivity contribution < 1.29 is 4.74 Å². The highest BCUT2D eigenvalue weighted by atomic mass is 127. The van der Waals surface area contributed by atoms with Crippen LogP contribution in [0.2, 0.25) is 0 Å². The normalized spacial score (nSPS) is 15.7. The number of hydrogen-bond acceptors (Lipinski definition) is 5. The zero-order chi connectivity index (χ0) is 17.4. The van der Waals surface area contributed by atoms with Crippen LogP contribution in [0.5, 0.6) is 5.75 Å². The third-order valence-corrected chi connectivity index (χ3v) is 5.48. The molecule has 1 saturated heterocycles. The van der Waals surface area contributed by atoms with Gasteiger partial charge in [-0.05, 0) is 41.8 Å². The van der Waals surface area contributed by atoms with E-state index in [0.717, 1.165) is 63.6 Å². The lowest BCUT2D eigenvalue weighted by molar-refractivity contribution is 0.311. The summed E-state index contributed by atoms with van der Waals surface area (Å²) >= 11 is 2.27. The van der Waals surface area contributed by atoms with Crippen molar-refractivity contribution in [2.45, 2.75) is 0 Å². The summed E-state index contributed by atoms with van der Waals surface area (Å²) < 4.78 is 6.74. The number of nitrogens with one attached hydrogen (secondary N) is 1. The molecule has 0 saturated carbocycles. The molecule has 25 heavy (non-hydrogen) atoms. The molecular weight excluding hydrogens is 429 g/mol. The van der Waals surface area contributed by atoms with Crippen LogP contribution < -0.4 is 9.64 Å². The number of aromatic nitrogens is 3. The zero-order valence-corrected chi connectivity index (χ0v) is 16.4. The number of methoxy groups -OCH3 is 1. The molecule has 3 aromatic rings. The maximum absolute atomic E-state index is 5.67. The van der Waals surface area contributed by atoms with E-state index in [0.29, 0.717) is 0 Å². The predicted octanol–water partition coefficient (Wildman–Crippen LogP) is 2.99. The summed E-state index contributed by atoms with van der Waals surface area (Å²) in [6.45, 7) is 4.16. The topological polar surface area (TPSA) is 57.3 Å². The minimum atomic E-state index is 0.814. The molecule has 130 valence electrons. The third-order valence-electron chi connectivity index (χ3n) is 4.65. The van der Waals surface area contributed by atoms with Gasteiger partial charge >= 0.3 is 0 Å². The average Bonchev–Trinajstić information content (AvgIpc) is 3.02. The van der Waals surface area contributed by atoms with Gasteiger partial charge in [0.2, 0.25) is 0 Å². The second kappa shape index (κ2) is 6.80. The van der Waals surface area contributed by atoms with E-state index in [1.165, 1.54) is 0 Å². The lowest BCUT2D eigenvalue weighted by atomic mass is 10.1. The Bertz CT molecular complexity index is 902. The number of halogens is 1. The number of benzene rings is 1. The predicted molar refractivity (Wildman–Crippen MR) is 108 cm³/mol. The Balaban J connectivity index is 1.69. The minimum absolute atomic E-state index is 0.814. The number of rotatable bonds is 3. The third kappa shape index (κ3) is 3.18. The zero-order valence-electron chi connectivity index (χ0n) is 14.3. The van der Waals surface area contributed by atoms with Gasteiger partial charge in [-0.1, -0.05) is 6.07 Å². The summed E-state index contributed by atoms with van der Waals surface area (Å²) in [5.74, 6) is 0.882. The van der Waals surface area contributed by atoms with Crippen LogP contribution in [-0.2, 0) is 0 Å². The van der Waals surface area contributed by atoms with Gasteiger partial charge in [-0.15, -0.1) is 0 Å². The molecule has 1 N–H and O–H groups in total. The molecule has 6 nitrogen and oxygen atoms in total. The van der Waals surface area contributed by atoms with Crippen molar-refractivity contribution in [1.29, 1.82) is 0 Å². The number of piperazine rings is 1. The molecule has 1 aliphatic heterocycles. The fourth-order valence-corrected chi connectivity index (χ4v) is 3.68. The van der Waals surface area contributed by atoms with E-state index >= 15 is 0 Å². The van der Waals surface area contributed by atoms with Gasteiger partial charge in [-0.2, -0.15) is 0 Å². The maximum atomic E-state index is 5.67. The Morgan fingerprint density at radius 1 is 1.20 bits per heavy atom. The number of fused-ring (bicyclic) bond motifs is 1. The molecule has 0 aliphatic carbocycles. The van der Waals surface area contributed by atoms with Crippen molar-refractivity contribution in [3.8, 4) is 17.0 Å². The van der Waals surface area contributed by atoms with Crippen molar-refractivity contribution in [1.82, 2.24) is 19.9 Å². The quantitative estimate of drug-likeness (QED) is 0.624. The molecule has 0 amide bonds. The largest absolute Gasteiger partial charge is 0.495 e. The molecule has 0 unspecified atom stereocenters. The molecule has 7 heteroatoms. The fraction of sp³-hybridized carbons (Fsp3) is 0.333. The van der Waals surface area contributed by atoms with Crippen molar-refractivity contribution in [3.63, 3.8) is 0 Å². The minimum Gasteiger partial charge on any atom is -0.495 e. The van der Waals surface area contributed by atoms with Gasteiger partial charge in [-0.3, -0.25) is 0 Å². The van der Waals surface area contributed by atoms with Crippen LogP contribution in [0, 0.1) is 3.57 Å². The van der Waals surface area contributed by atoms with Gasteiger partial charge in [0, 0.05) is 37.9 Å². The van der Waals surface area contributed by atoms with Gasteiger partial charge in [0.1, 0.15) is 11.3 Å². The van der Waals surface area contributed by atoms with E-state index in [1.54, 1.807) is 13.3 Å². The highest BCUT2D eigenvalue weighted by Gasteiger charge is 2.18. The lowest BCUT2D eigenvalue weighted by Gasteiger charge is -2.34. The van der Waals surface area contributed by atoms with Crippen LogP contribution in [0.15, 0.2) is 30.6 Å². The van der Waals surface area contributed by atoms with Crippen LogP contribution in [0.3, 0.4) is 0 Å². The van der Waals surface area contributed by atoms with E-state index < -0.39 is 0 Å². The first-order chi connectivity index (χ1) is 12.2. The molecule has 2 aromatic heterocycles. The number of ether oxygens (including phenoxy) is 1. The highest BCUT2D eigenvalue weighted by molar-refractivity contribution is 14.1. The first-order valence-electron chi connectivity index (χ1n) is 8.27. The molecule has 1 fully saturated rings. The Kier molecular flexibility index (Phi) is 4.51. The highest BCUT2D eigenvalue weighted by Crippen LogP contribution is 2.33. The molecule has 0 spiro atoms. The van der Waals surface area contributed by atoms with Gasteiger partial charge in [0.25, 0.3) is 0 Å². The number of aromatic amines is 1. The fourth-order valence-electron chi connectivity index (χ4n) is 3.15. The van der Waals surface area contributed by atoms with E-state index in [-0.39, 0.29) is 0 Å². The summed E-state index contributed by atoms with van der Waals surface area (Å²) in [5, 5.41) is 0. The Labute approximate surface area is 160 Å². The smallest absolute Gasteiger partial charge is 0.157 e. The number of nitrogens with zero attached hydrogens (tertiary/aromatic N) is 4. The second-order valence-electron chi connectivity index (χ2n) is 6.27. The van der Waals surface area contributed by atoms with Crippen molar-refractivity contribution >= 4 is 39.4 Å². The number of likely N-dealkylation sites (N-methyl/N-ethyl adjacent to an activating group) is 1. The van der Waals surface area contributed by atoms with Gasteiger partial charge < -0.3 is 19.5 Å². The van der Waals surface area contributed by atoms with Gasteiger partial charge in [-0.25, -0.2) is 9.97 Å². The standard InChI is InChI=1S/C18H20IN5O/c1-23-5-7-24(8-6-23)15-4-3-12(9-16(15)25-2)14-11-21-18-17(22-14)13(19)10-20-18/h3-4,9-11H,5-8H2,1-2H3,(H,20,21). The molecule has 1 aromatic carbocycles. The average molecular weight is 449 g/mol. The van der Waals surface area contributed by atoms with E-state index in [2.05, 4.69) is 67.6 Å². The Hall–Kier alpha value is -1.87. The van der Waals surface area contributed by atoms with Crippen LogP contribution in [-0.4, -0.2) is 60.2 Å². The van der Waals surface area contributed by atoms with Gasteiger partial charge in [0.05, 0.1) is 28.3 Å². The van der Waals surface area contributed by atoms with Crippen molar-refractivity contribution in [2.75, 3.05) is 45.2 Å². The van der Waals surface area contributed by atoms with Crippen LogP contribution >= 0.6 is 22.6 Å². The van der Waals surface area contributed by atoms with E-state index in [4.69, 9.17) is 9.72 Å². The summed E-state index contributed by atoms with van der Waals surface area (Å²) in [5.41, 5.74) is 4.73. The summed E-state index contributed by atoms with van der Waals surface area (Å²) in [6.07, 6.45) is 3.73.